The van der Waals surface area contributed by atoms with Crippen molar-refractivity contribution in [1.82, 2.24) is 4.90 Å². The molecule has 5 nitrogen and oxygen atoms in total. The summed E-state index contributed by atoms with van der Waals surface area (Å²) < 4.78 is 5.29. The topological polar surface area (TPSA) is 77.1 Å². The van der Waals surface area contributed by atoms with Crippen molar-refractivity contribution in [3.8, 4) is 12.1 Å². The number of hydrogen-bond acceptors (Lipinski definition) is 5. The van der Waals surface area contributed by atoms with Crippen LogP contribution in [0.5, 0.6) is 0 Å². The Morgan fingerprint density at radius 1 is 1.20 bits per heavy atom. The van der Waals surface area contributed by atoms with Gasteiger partial charge in [-0.25, -0.2) is 0 Å². The molecule has 0 fully saturated rings. The summed E-state index contributed by atoms with van der Waals surface area (Å²) in [5.74, 6) is -0.248. The van der Waals surface area contributed by atoms with Gasteiger partial charge in [-0.15, -0.1) is 0 Å². The number of ether oxygens (including phenoxy) is 1. The SMILES string of the molecule is CCCCN(C=CC=C(C#N)C#N)CCOC(=O)Cc1ccccc1. The van der Waals surface area contributed by atoms with E-state index >= 15 is 0 Å². The van der Waals surface area contributed by atoms with Gasteiger partial charge in [0.15, 0.2) is 0 Å². The molecule has 0 aliphatic heterocycles. The van der Waals surface area contributed by atoms with Crippen molar-refractivity contribution >= 4 is 5.97 Å². The molecule has 1 aromatic carbocycles. The van der Waals surface area contributed by atoms with Gasteiger partial charge in [-0.1, -0.05) is 43.7 Å². The van der Waals surface area contributed by atoms with Crippen LogP contribution >= 0.6 is 0 Å². The van der Waals surface area contributed by atoms with E-state index in [-0.39, 0.29) is 18.0 Å². The molecule has 0 aromatic heterocycles. The van der Waals surface area contributed by atoms with Gasteiger partial charge < -0.3 is 9.64 Å². The standard InChI is InChI=1S/C20H23N3O2/c1-2-3-11-23(12-7-10-19(16-21)17-22)13-14-25-20(24)15-18-8-5-4-6-9-18/h4-10,12H,2-3,11,13-15H2,1H3. The smallest absolute Gasteiger partial charge is 0.310 e. The molecule has 130 valence electrons. The average molecular weight is 337 g/mol. The monoisotopic (exact) mass is 337 g/mol. The number of unbranched alkanes of at least 4 members (excludes halogenated alkanes) is 1. The fraction of sp³-hybridized carbons (Fsp3) is 0.350. The molecule has 5 heteroatoms. The van der Waals surface area contributed by atoms with Gasteiger partial charge in [0.1, 0.15) is 24.3 Å². The van der Waals surface area contributed by atoms with E-state index in [0.717, 1.165) is 24.9 Å². The van der Waals surface area contributed by atoms with Gasteiger partial charge in [-0.05, 0) is 30.3 Å². The Bertz CT molecular complexity index is 650. The largest absolute Gasteiger partial charge is 0.464 e. The van der Waals surface area contributed by atoms with E-state index in [0.29, 0.717) is 13.2 Å². The molecule has 0 unspecified atom stereocenters. The Hall–Kier alpha value is -3.05. The molecule has 0 bridgehead atoms. The minimum atomic E-state index is -0.248. The molecule has 0 radical (unpaired) electrons. The van der Waals surface area contributed by atoms with Gasteiger partial charge in [0.2, 0.25) is 0 Å². The molecule has 0 N–H and O–H groups in total. The summed E-state index contributed by atoms with van der Waals surface area (Å²) in [6, 6.07) is 13.1. The first-order chi connectivity index (χ1) is 12.2. The number of carbonyl (C=O) groups is 1. The fourth-order valence-corrected chi connectivity index (χ4v) is 2.07. The lowest BCUT2D eigenvalue weighted by molar-refractivity contribution is -0.143. The van der Waals surface area contributed by atoms with E-state index in [4.69, 9.17) is 15.3 Å². The summed E-state index contributed by atoms with van der Waals surface area (Å²) in [5, 5.41) is 17.4. The molecule has 0 aliphatic rings. The molecule has 0 atom stereocenters. The van der Waals surface area contributed by atoms with Crippen LogP contribution in [0.1, 0.15) is 25.3 Å². The molecule has 1 rings (SSSR count). The number of benzene rings is 1. The van der Waals surface area contributed by atoms with Crippen molar-refractivity contribution < 1.29 is 9.53 Å². The average Bonchev–Trinajstić information content (AvgIpc) is 2.63. The van der Waals surface area contributed by atoms with Crippen molar-refractivity contribution in [3.63, 3.8) is 0 Å². The Morgan fingerprint density at radius 2 is 1.92 bits per heavy atom. The highest BCUT2D eigenvalue weighted by Crippen LogP contribution is 2.02. The summed E-state index contributed by atoms with van der Waals surface area (Å²) in [6.07, 6.45) is 7.28. The number of esters is 1. The molecular weight excluding hydrogens is 314 g/mol. The third kappa shape index (κ3) is 8.98. The maximum Gasteiger partial charge on any atom is 0.310 e. The highest BCUT2D eigenvalue weighted by atomic mass is 16.5. The van der Waals surface area contributed by atoms with Crippen LogP contribution in [0.25, 0.3) is 0 Å². The van der Waals surface area contributed by atoms with E-state index in [2.05, 4.69) is 6.92 Å². The van der Waals surface area contributed by atoms with Crippen molar-refractivity contribution in [3.05, 3.63) is 59.8 Å². The zero-order chi connectivity index (χ0) is 18.3. The highest BCUT2D eigenvalue weighted by Gasteiger charge is 2.05. The Balaban J connectivity index is 2.46. The van der Waals surface area contributed by atoms with E-state index in [9.17, 15) is 4.79 Å². The van der Waals surface area contributed by atoms with Crippen LogP contribution in [0.3, 0.4) is 0 Å². The van der Waals surface area contributed by atoms with E-state index in [1.807, 2.05) is 53.6 Å². The van der Waals surface area contributed by atoms with Gasteiger partial charge in [-0.2, -0.15) is 10.5 Å². The molecule has 0 heterocycles. The second kappa shape index (κ2) is 12.4. The van der Waals surface area contributed by atoms with Crippen LogP contribution < -0.4 is 0 Å². The lowest BCUT2D eigenvalue weighted by atomic mass is 10.2. The minimum absolute atomic E-state index is 0.0565. The van der Waals surface area contributed by atoms with E-state index in [1.165, 1.54) is 6.08 Å². The van der Waals surface area contributed by atoms with Crippen molar-refractivity contribution in [2.75, 3.05) is 19.7 Å². The number of allylic oxidation sites excluding steroid dienone is 3. The number of nitrogens with zero attached hydrogens (tertiary/aromatic N) is 3. The first kappa shape index (κ1) is 20.0. The van der Waals surface area contributed by atoms with Crippen molar-refractivity contribution in [2.45, 2.75) is 26.2 Å². The maximum absolute atomic E-state index is 11.8. The zero-order valence-electron chi connectivity index (χ0n) is 14.5. The highest BCUT2D eigenvalue weighted by molar-refractivity contribution is 5.72. The molecule has 0 amide bonds. The Morgan fingerprint density at radius 3 is 2.56 bits per heavy atom. The summed E-state index contributed by atoms with van der Waals surface area (Å²) in [5.41, 5.74) is 0.988. The fourth-order valence-electron chi connectivity index (χ4n) is 2.07. The predicted molar refractivity (Wildman–Crippen MR) is 96.0 cm³/mol. The number of rotatable bonds is 10. The maximum atomic E-state index is 11.8. The lowest BCUT2D eigenvalue weighted by Gasteiger charge is -2.19. The second-order valence-corrected chi connectivity index (χ2v) is 5.42. The first-order valence-corrected chi connectivity index (χ1v) is 8.32. The molecule has 0 aliphatic carbocycles. The van der Waals surface area contributed by atoms with E-state index in [1.54, 1.807) is 6.08 Å². The Labute approximate surface area is 149 Å². The normalized spacial score (nSPS) is 9.88. The van der Waals surface area contributed by atoms with Gasteiger partial charge in [0.25, 0.3) is 0 Å². The van der Waals surface area contributed by atoms with Crippen LogP contribution in [0.2, 0.25) is 0 Å². The third-order valence-electron chi connectivity index (χ3n) is 3.43. The molecule has 25 heavy (non-hydrogen) atoms. The van der Waals surface area contributed by atoms with Crippen LogP contribution in [0.4, 0.5) is 0 Å². The molecule has 0 saturated carbocycles. The van der Waals surface area contributed by atoms with E-state index < -0.39 is 0 Å². The molecular formula is C20H23N3O2. The number of hydrogen-bond donors (Lipinski definition) is 0. The minimum Gasteiger partial charge on any atom is -0.464 e. The predicted octanol–water partition coefficient (Wildman–Crippen LogP) is 3.36. The van der Waals surface area contributed by atoms with Crippen LogP contribution in [-0.2, 0) is 16.0 Å². The molecule has 1 aromatic rings. The quantitative estimate of drug-likeness (QED) is 0.372. The molecule has 0 saturated heterocycles. The van der Waals surface area contributed by atoms with Gasteiger partial charge in [0.05, 0.1) is 13.0 Å². The first-order valence-electron chi connectivity index (χ1n) is 8.32. The summed E-state index contributed by atoms with van der Waals surface area (Å²) in [7, 11) is 0. The summed E-state index contributed by atoms with van der Waals surface area (Å²) >= 11 is 0. The zero-order valence-corrected chi connectivity index (χ0v) is 14.5. The Kier molecular flexibility index (Phi) is 9.90. The van der Waals surface area contributed by atoms with Crippen LogP contribution in [-0.4, -0.2) is 30.6 Å². The van der Waals surface area contributed by atoms with Gasteiger partial charge >= 0.3 is 5.97 Å². The van der Waals surface area contributed by atoms with Gasteiger partial charge in [-0.3, -0.25) is 4.79 Å². The summed E-state index contributed by atoms with van der Waals surface area (Å²) in [6.45, 7) is 3.79. The summed E-state index contributed by atoms with van der Waals surface area (Å²) in [4.78, 5) is 13.9. The van der Waals surface area contributed by atoms with Crippen molar-refractivity contribution in [2.24, 2.45) is 0 Å². The van der Waals surface area contributed by atoms with Crippen molar-refractivity contribution in [1.29, 1.82) is 10.5 Å². The van der Waals surface area contributed by atoms with Crippen LogP contribution in [0.15, 0.2) is 54.3 Å². The number of carbonyl (C=O) groups excluding carboxylic acids is 1. The molecule has 0 spiro atoms. The van der Waals surface area contributed by atoms with Gasteiger partial charge in [0, 0.05) is 6.54 Å². The van der Waals surface area contributed by atoms with Crippen LogP contribution in [0, 0.1) is 22.7 Å². The third-order valence-corrected chi connectivity index (χ3v) is 3.43. The number of nitriles is 2. The lowest BCUT2D eigenvalue weighted by Crippen LogP contribution is -2.25. The second-order valence-electron chi connectivity index (χ2n) is 5.42.